The molecule has 0 aromatic carbocycles. The van der Waals surface area contributed by atoms with Crippen LogP contribution in [0.15, 0.2) is 0 Å². The number of anilines is 2. The molecule has 1 saturated heterocycles. The summed E-state index contributed by atoms with van der Waals surface area (Å²) >= 11 is 0. The number of unbranched alkanes of at least 4 members (excludes halogenated alkanes) is 4. The zero-order valence-electron chi connectivity index (χ0n) is 29.1. The second kappa shape index (κ2) is 16.4. The molecule has 0 saturated carbocycles. The molecule has 0 atom stereocenters. The summed E-state index contributed by atoms with van der Waals surface area (Å²) in [6.07, 6.45) is 13.5. The van der Waals surface area contributed by atoms with E-state index in [4.69, 9.17) is 15.0 Å². The SMILES string of the molecule is CCCCN(CCCC)c1nc(N(CCCC)CCCC)nc(C(CC)(CC)N(C)C2CC(C)(C)NC(C)(C)C2)n1. The van der Waals surface area contributed by atoms with Gasteiger partial charge in [-0.2, -0.15) is 15.0 Å². The molecule has 2 heterocycles. The largest absolute Gasteiger partial charge is 0.341 e. The second-order valence-electron chi connectivity index (χ2n) is 14.0. The van der Waals surface area contributed by atoms with Crippen molar-refractivity contribution in [1.82, 2.24) is 25.2 Å². The van der Waals surface area contributed by atoms with Gasteiger partial charge in [-0.05, 0) is 86.1 Å². The normalized spacial score (nSPS) is 17.3. The first-order valence-electron chi connectivity index (χ1n) is 17.2. The number of nitrogens with zero attached hydrogens (tertiary/aromatic N) is 6. The minimum atomic E-state index is -0.247. The Balaban J connectivity index is 2.71. The fourth-order valence-electron chi connectivity index (χ4n) is 6.98. The zero-order valence-corrected chi connectivity index (χ0v) is 29.1. The smallest absolute Gasteiger partial charge is 0.230 e. The summed E-state index contributed by atoms with van der Waals surface area (Å²) in [5.74, 6) is 2.74. The highest BCUT2D eigenvalue weighted by atomic mass is 15.4. The van der Waals surface area contributed by atoms with Gasteiger partial charge in [-0.3, -0.25) is 4.90 Å². The summed E-state index contributed by atoms with van der Waals surface area (Å²) in [5.41, 5.74) is -0.0853. The summed E-state index contributed by atoms with van der Waals surface area (Å²) in [5, 5.41) is 3.89. The molecule has 0 aliphatic carbocycles. The monoisotopic (exact) mass is 574 g/mol. The van der Waals surface area contributed by atoms with Gasteiger partial charge < -0.3 is 15.1 Å². The molecule has 7 nitrogen and oxygen atoms in total. The highest BCUT2D eigenvalue weighted by Gasteiger charge is 2.46. The molecular weight excluding hydrogens is 506 g/mol. The van der Waals surface area contributed by atoms with Crippen molar-refractivity contribution in [3.63, 3.8) is 0 Å². The van der Waals surface area contributed by atoms with Gasteiger partial charge in [0.1, 0.15) is 0 Å². The van der Waals surface area contributed by atoms with E-state index in [0.29, 0.717) is 6.04 Å². The van der Waals surface area contributed by atoms with Gasteiger partial charge in [-0.1, -0.05) is 67.2 Å². The Morgan fingerprint density at radius 2 is 1.02 bits per heavy atom. The van der Waals surface area contributed by atoms with Crippen molar-refractivity contribution in [2.45, 2.75) is 169 Å². The van der Waals surface area contributed by atoms with Gasteiger partial charge in [-0.25, -0.2) is 0 Å². The van der Waals surface area contributed by atoms with Gasteiger partial charge in [-0.15, -0.1) is 0 Å². The number of hydrogen-bond acceptors (Lipinski definition) is 7. The van der Waals surface area contributed by atoms with Crippen LogP contribution >= 0.6 is 0 Å². The first-order chi connectivity index (χ1) is 19.4. The molecule has 1 aliphatic heterocycles. The third kappa shape index (κ3) is 9.77. The second-order valence-corrected chi connectivity index (χ2v) is 14.0. The predicted molar refractivity (Wildman–Crippen MR) is 178 cm³/mol. The van der Waals surface area contributed by atoms with E-state index in [1.165, 1.54) is 25.7 Å². The fourth-order valence-corrected chi connectivity index (χ4v) is 6.98. The minimum Gasteiger partial charge on any atom is -0.341 e. The first kappa shape index (κ1) is 35.7. The third-order valence-corrected chi connectivity index (χ3v) is 9.28. The number of hydrogen-bond donors (Lipinski definition) is 1. The van der Waals surface area contributed by atoms with Crippen LogP contribution in [0.4, 0.5) is 11.9 Å². The van der Waals surface area contributed by atoms with Gasteiger partial charge in [0.15, 0.2) is 5.82 Å². The molecule has 7 heteroatoms. The average Bonchev–Trinajstić information content (AvgIpc) is 2.92. The molecule has 1 fully saturated rings. The van der Waals surface area contributed by atoms with Crippen LogP contribution in [-0.4, -0.2) is 70.2 Å². The quantitative estimate of drug-likeness (QED) is 0.180. The van der Waals surface area contributed by atoms with E-state index in [0.717, 1.165) is 95.3 Å². The zero-order chi connectivity index (χ0) is 30.7. The Kier molecular flexibility index (Phi) is 14.3. The van der Waals surface area contributed by atoms with E-state index in [1.54, 1.807) is 0 Å². The van der Waals surface area contributed by atoms with Crippen LogP contribution in [0.2, 0.25) is 0 Å². The lowest BCUT2D eigenvalue weighted by Crippen LogP contribution is -2.64. The summed E-state index contributed by atoms with van der Waals surface area (Å²) in [6.45, 7) is 27.2. The van der Waals surface area contributed by atoms with Gasteiger partial charge in [0.25, 0.3) is 0 Å². The van der Waals surface area contributed by atoms with Crippen molar-refractivity contribution in [2.75, 3.05) is 43.0 Å². The number of rotatable bonds is 19. The molecule has 1 aromatic rings. The van der Waals surface area contributed by atoms with Gasteiger partial charge in [0.05, 0.1) is 5.54 Å². The number of nitrogens with one attached hydrogen (secondary N) is 1. The van der Waals surface area contributed by atoms with E-state index in [9.17, 15) is 0 Å². The van der Waals surface area contributed by atoms with E-state index >= 15 is 0 Å². The molecule has 2 rings (SSSR count). The van der Waals surface area contributed by atoms with Gasteiger partial charge in [0.2, 0.25) is 11.9 Å². The Morgan fingerprint density at radius 3 is 1.34 bits per heavy atom. The Hall–Kier alpha value is -1.47. The molecule has 0 amide bonds. The molecule has 1 aromatic heterocycles. The average molecular weight is 574 g/mol. The topological polar surface area (TPSA) is 60.4 Å². The predicted octanol–water partition coefficient (Wildman–Crippen LogP) is 7.94. The molecule has 238 valence electrons. The van der Waals surface area contributed by atoms with Crippen LogP contribution in [0, 0.1) is 0 Å². The molecule has 0 radical (unpaired) electrons. The molecule has 0 bridgehead atoms. The fraction of sp³-hybridized carbons (Fsp3) is 0.912. The van der Waals surface area contributed by atoms with E-state index < -0.39 is 0 Å². The van der Waals surface area contributed by atoms with Crippen molar-refractivity contribution in [3.05, 3.63) is 5.82 Å². The number of aromatic nitrogens is 3. The van der Waals surface area contributed by atoms with Crippen LogP contribution in [0.5, 0.6) is 0 Å². The summed E-state index contributed by atoms with van der Waals surface area (Å²) in [7, 11) is 2.34. The lowest BCUT2D eigenvalue weighted by atomic mass is 9.76. The van der Waals surface area contributed by atoms with Crippen LogP contribution in [0.3, 0.4) is 0 Å². The van der Waals surface area contributed by atoms with Crippen molar-refractivity contribution >= 4 is 11.9 Å². The summed E-state index contributed by atoms with van der Waals surface area (Å²) in [6, 6.07) is 0.442. The van der Waals surface area contributed by atoms with E-state index in [1.807, 2.05) is 0 Å². The van der Waals surface area contributed by atoms with Crippen LogP contribution < -0.4 is 15.1 Å². The van der Waals surface area contributed by atoms with Crippen LogP contribution in [0.1, 0.15) is 152 Å². The first-order valence-corrected chi connectivity index (χ1v) is 17.2. The van der Waals surface area contributed by atoms with E-state index in [2.05, 4.69) is 96.3 Å². The van der Waals surface area contributed by atoms with Gasteiger partial charge >= 0.3 is 0 Å². The van der Waals surface area contributed by atoms with Crippen molar-refractivity contribution in [2.24, 2.45) is 0 Å². The number of piperidine rings is 1. The molecule has 1 N–H and O–H groups in total. The maximum absolute atomic E-state index is 5.41. The third-order valence-electron chi connectivity index (χ3n) is 9.28. The highest BCUT2D eigenvalue weighted by Crippen LogP contribution is 2.41. The molecular formula is C34H67N7. The Morgan fingerprint density at radius 1 is 0.659 bits per heavy atom. The molecule has 0 unspecified atom stereocenters. The standard InChI is InChI=1S/C34H67N7/c1-12-18-22-40(23-19-13-2)30-35-29(36-31(37-30)41(24-20-14-3)25-21-15-4)34(16-5,17-6)39(11)28-26-32(7,8)38-33(9,10)27-28/h28,38H,12-27H2,1-11H3. The summed E-state index contributed by atoms with van der Waals surface area (Å²) < 4.78 is 0. The van der Waals surface area contributed by atoms with Crippen molar-refractivity contribution < 1.29 is 0 Å². The maximum atomic E-state index is 5.41. The Labute approximate surface area is 254 Å². The van der Waals surface area contributed by atoms with Crippen LogP contribution in [-0.2, 0) is 5.54 Å². The highest BCUT2D eigenvalue weighted by molar-refractivity contribution is 5.40. The van der Waals surface area contributed by atoms with Gasteiger partial charge in [0, 0.05) is 43.3 Å². The Bertz CT molecular complexity index is 810. The van der Waals surface area contributed by atoms with E-state index in [-0.39, 0.29) is 16.6 Å². The minimum absolute atomic E-state index is 0.0809. The summed E-state index contributed by atoms with van der Waals surface area (Å²) in [4.78, 5) is 23.6. The molecule has 41 heavy (non-hydrogen) atoms. The van der Waals surface area contributed by atoms with Crippen LogP contribution in [0.25, 0.3) is 0 Å². The van der Waals surface area contributed by atoms with Crippen molar-refractivity contribution in [3.8, 4) is 0 Å². The lowest BCUT2D eigenvalue weighted by Gasteiger charge is -2.53. The van der Waals surface area contributed by atoms with Crippen molar-refractivity contribution in [1.29, 1.82) is 0 Å². The maximum Gasteiger partial charge on any atom is 0.230 e. The lowest BCUT2D eigenvalue weighted by molar-refractivity contribution is -0.00343. The molecule has 0 spiro atoms. The molecule has 1 aliphatic rings.